The van der Waals surface area contributed by atoms with Crippen molar-refractivity contribution in [3.8, 4) is 0 Å². The first-order chi connectivity index (χ1) is 9.66. The van der Waals surface area contributed by atoms with Gasteiger partial charge < -0.3 is 9.88 Å². The Morgan fingerprint density at radius 3 is 2.90 bits per heavy atom. The molecule has 0 saturated heterocycles. The number of amides is 1. The van der Waals surface area contributed by atoms with Crippen LogP contribution in [0.5, 0.6) is 0 Å². The van der Waals surface area contributed by atoms with Crippen molar-refractivity contribution in [2.24, 2.45) is 0 Å². The van der Waals surface area contributed by atoms with Crippen molar-refractivity contribution in [3.63, 3.8) is 0 Å². The number of hydrogen-bond donors (Lipinski definition) is 1. The Kier molecular flexibility index (Phi) is 5.16. The van der Waals surface area contributed by atoms with E-state index in [0.29, 0.717) is 19.5 Å². The molecule has 2 rings (SSSR count). The molecule has 0 aromatic carbocycles. The molecule has 20 heavy (non-hydrogen) atoms. The highest BCUT2D eigenvalue weighted by atomic mass is 16.1. The van der Waals surface area contributed by atoms with Crippen molar-refractivity contribution in [3.05, 3.63) is 45.9 Å². The quantitative estimate of drug-likeness (QED) is 0.837. The van der Waals surface area contributed by atoms with E-state index in [9.17, 15) is 9.59 Å². The Labute approximate surface area is 119 Å². The van der Waals surface area contributed by atoms with E-state index in [2.05, 4.69) is 11.4 Å². The monoisotopic (exact) mass is 274 g/mol. The fourth-order valence-electron chi connectivity index (χ4n) is 2.49. The van der Waals surface area contributed by atoms with Crippen LogP contribution >= 0.6 is 0 Å². The van der Waals surface area contributed by atoms with Gasteiger partial charge in [0, 0.05) is 31.3 Å². The third-order valence-corrected chi connectivity index (χ3v) is 3.73. The summed E-state index contributed by atoms with van der Waals surface area (Å²) in [6, 6.07) is 5.15. The molecule has 1 amide bonds. The minimum Gasteiger partial charge on any atom is -0.352 e. The molecule has 4 heteroatoms. The third-order valence-electron chi connectivity index (χ3n) is 3.73. The standard InChI is InChI=1S/C16H22N2O2/c1-13-6-5-9-16(20)18(13)11-10-15(19)17-12-14-7-3-2-4-8-14/h5-7,9H,2-4,8,10-12H2,1H3,(H,17,19). The van der Waals surface area contributed by atoms with Crippen molar-refractivity contribution in [2.75, 3.05) is 6.54 Å². The minimum absolute atomic E-state index is 0.00614. The van der Waals surface area contributed by atoms with Gasteiger partial charge in [0.05, 0.1) is 0 Å². The Bertz CT molecular complexity index is 558. The first-order valence-electron chi connectivity index (χ1n) is 7.28. The van der Waals surface area contributed by atoms with Crippen LogP contribution in [-0.4, -0.2) is 17.0 Å². The highest BCUT2D eigenvalue weighted by Gasteiger charge is 2.07. The number of hydrogen-bond acceptors (Lipinski definition) is 2. The van der Waals surface area contributed by atoms with Gasteiger partial charge in [-0.2, -0.15) is 0 Å². The maximum absolute atomic E-state index is 11.8. The number of aryl methyl sites for hydroxylation is 1. The minimum atomic E-state index is -0.0483. The summed E-state index contributed by atoms with van der Waals surface area (Å²) in [7, 11) is 0. The van der Waals surface area contributed by atoms with Gasteiger partial charge in [-0.05, 0) is 38.7 Å². The summed E-state index contributed by atoms with van der Waals surface area (Å²) < 4.78 is 1.64. The number of nitrogens with zero attached hydrogens (tertiary/aromatic N) is 1. The average Bonchev–Trinajstić information content (AvgIpc) is 2.46. The molecule has 0 saturated carbocycles. The van der Waals surface area contributed by atoms with Crippen molar-refractivity contribution >= 4 is 5.91 Å². The molecule has 0 bridgehead atoms. The topological polar surface area (TPSA) is 51.1 Å². The lowest BCUT2D eigenvalue weighted by molar-refractivity contribution is -0.121. The van der Waals surface area contributed by atoms with Gasteiger partial charge >= 0.3 is 0 Å². The molecule has 1 aromatic rings. The van der Waals surface area contributed by atoms with Crippen LogP contribution in [0.25, 0.3) is 0 Å². The van der Waals surface area contributed by atoms with Crippen molar-refractivity contribution in [1.82, 2.24) is 9.88 Å². The molecular weight excluding hydrogens is 252 g/mol. The van der Waals surface area contributed by atoms with Gasteiger partial charge in [-0.3, -0.25) is 9.59 Å². The van der Waals surface area contributed by atoms with Crippen LogP contribution in [0.1, 0.15) is 37.8 Å². The van der Waals surface area contributed by atoms with Crippen molar-refractivity contribution in [1.29, 1.82) is 0 Å². The van der Waals surface area contributed by atoms with E-state index < -0.39 is 0 Å². The lowest BCUT2D eigenvalue weighted by atomic mass is 10.00. The molecule has 1 aliphatic carbocycles. The van der Waals surface area contributed by atoms with Gasteiger partial charge in [-0.25, -0.2) is 0 Å². The summed E-state index contributed by atoms with van der Waals surface area (Å²) in [6.07, 6.45) is 7.28. The first-order valence-corrected chi connectivity index (χ1v) is 7.28. The second-order valence-corrected chi connectivity index (χ2v) is 5.29. The number of rotatable bonds is 5. The highest BCUT2D eigenvalue weighted by Crippen LogP contribution is 2.16. The molecule has 1 N–H and O–H groups in total. The van der Waals surface area contributed by atoms with Gasteiger partial charge in [0.2, 0.25) is 5.91 Å². The van der Waals surface area contributed by atoms with Crippen LogP contribution in [-0.2, 0) is 11.3 Å². The summed E-state index contributed by atoms with van der Waals surface area (Å²) in [5.41, 5.74) is 2.17. The predicted octanol–water partition coefficient (Wildman–Crippen LogP) is 2.16. The lowest BCUT2D eigenvalue weighted by Gasteiger charge is -2.14. The average molecular weight is 274 g/mol. The number of pyridine rings is 1. The summed E-state index contributed by atoms with van der Waals surface area (Å²) in [5, 5.41) is 2.94. The normalized spacial score (nSPS) is 14.8. The van der Waals surface area contributed by atoms with Gasteiger partial charge in [-0.1, -0.05) is 17.7 Å². The fourth-order valence-corrected chi connectivity index (χ4v) is 2.49. The first kappa shape index (κ1) is 14.6. The fraction of sp³-hybridized carbons (Fsp3) is 0.500. The second kappa shape index (κ2) is 7.08. The van der Waals surface area contributed by atoms with E-state index in [1.54, 1.807) is 10.6 Å². The van der Waals surface area contributed by atoms with Crippen LogP contribution in [0.15, 0.2) is 34.6 Å². The number of aromatic nitrogens is 1. The van der Waals surface area contributed by atoms with E-state index in [1.807, 2.05) is 13.0 Å². The molecular formula is C16H22N2O2. The van der Waals surface area contributed by atoms with Crippen molar-refractivity contribution in [2.45, 2.75) is 45.6 Å². The number of carbonyl (C=O) groups is 1. The molecule has 0 atom stereocenters. The van der Waals surface area contributed by atoms with Gasteiger partial charge in [-0.15, -0.1) is 0 Å². The maximum Gasteiger partial charge on any atom is 0.250 e. The van der Waals surface area contributed by atoms with E-state index in [-0.39, 0.29) is 11.5 Å². The van der Waals surface area contributed by atoms with E-state index in [0.717, 1.165) is 18.5 Å². The molecule has 0 spiro atoms. The summed E-state index contributed by atoms with van der Waals surface area (Å²) in [6.45, 7) is 2.98. The molecule has 1 aliphatic rings. The van der Waals surface area contributed by atoms with Crippen LogP contribution in [0, 0.1) is 6.92 Å². The molecule has 0 aliphatic heterocycles. The van der Waals surface area contributed by atoms with E-state index in [1.165, 1.54) is 24.5 Å². The largest absolute Gasteiger partial charge is 0.352 e. The molecule has 108 valence electrons. The summed E-state index contributed by atoms with van der Waals surface area (Å²) in [4.78, 5) is 23.5. The zero-order valence-electron chi connectivity index (χ0n) is 12.0. The number of carbonyl (C=O) groups excluding carboxylic acids is 1. The van der Waals surface area contributed by atoms with Crippen LogP contribution < -0.4 is 10.9 Å². The SMILES string of the molecule is Cc1cccc(=O)n1CCC(=O)NCC1=CCCCC1. The number of nitrogens with one attached hydrogen (secondary N) is 1. The molecule has 0 unspecified atom stereocenters. The Balaban J connectivity index is 1.80. The van der Waals surface area contributed by atoms with E-state index in [4.69, 9.17) is 0 Å². The summed E-state index contributed by atoms with van der Waals surface area (Å²) in [5.74, 6) is 0.00614. The van der Waals surface area contributed by atoms with E-state index >= 15 is 0 Å². The molecule has 4 nitrogen and oxygen atoms in total. The van der Waals surface area contributed by atoms with Crippen LogP contribution in [0.2, 0.25) is 0 Å². The molecule has 0 radical (unpaired) electrons. The highest BCUT2D eigenvalue weighted by molar-refractivity contribution is 5.76. The Hall–Kier alpha value is -1.84. The zero-order chi connectivity index (χ0) is 14.4. The van der Waals surface area contributed by atoms with Gasteiger partial charge in [0.15, 0.2) is 0 Å². The van der Waals surface area contributed by atoms with Gasteiger partial charge in [0.25, 0.3) is 5.56 Å². The van der Waals surface area contributed by atoms with Gasteiger partial charge in [0.1, 0.15) is 0 Å². The zero-order valence-corrected chi connectivity index (χ0v) is 12.0. The third kappa shape index (κ3) is 4.08. The van der Waals surface area contributed by atoms with Crippen molar-refractivity contribution < 1.29 is 4.79 Å². The molecule has 1 aromatic heterocycles. The number of allylic oxidation sites excluding steroid dienone is 1. The second-order valence-electron chi connectivity index (χ2n) is 5.29. The summed E-state index contributed by atoms with van der Waals surface area (Å²) >= 11 is 0. The molecule has 0 fully saturated rings. The lowest BCUT2D eigenvalue weighted by Crippen LogP contribution is -2.29. The Morgan fingerprint density at radius 1 is 1.35 bits per heavy atom. The maximum atomic E-state index is 11.8. The Morgan fingerprint density at radius 2 is 2.20 bits per heavy atom. The molecule has 1 heterocycles. The predicted molar refractivity (Wildman–Crippen MR) is 79.6 cm³/mol. The van der Waals surface area contributed by atoms with Crippen LogP contribution in [0.4, 0.5) is 0 Å². The van der Waals surface area contributed by atoms with Crippen LogP contribution in [0.3, 0.4) is 0 Å². The smallest absolute Gasteiger partial charge is 0.250 e.